The zero-order valence-corrected chi connectivity index (χ0v) is 26.3. The van der Waals surface area contributed by atoms with Crippen LogP contribution in [-0.2, 0) is 0 Å². The standard InChI is InChI=1S/C45H38/c1-29-17-20-33(21-18-29)36-27-43(31(3)44(28-36)42-25-34(22-19-30(42)2)32-11-5-4-6-12-32)35-23-24-41-39-15-8-7-13-37(39)38-14-9-10-16-40(38)45(41)26-35/h4-11,13-17,19-29,32H,12,18H2,1-3H3. The summed E-state index contributed by atoms with van der Waals surface area (Å²) in [6.07, 6.45) is 18.2. The van der Waals surface area contributed by atoms with Crippen LogP contribution in [0.4, 0.5) is 0 Å². The van der Waals surface area contributed by atoms with Gasteiger partial charge in [-0.3, -0.25) is 0 Å². The second kappa shape index (κ2) is 11.2. The van der Waals surface area contributed by atoms with Crippen LogP contribution in [0.25, 0.3) is 60.1 Å². The van der Waals surface area contributed by atoms with E-state index in [0.717, 1.165) is 12.8 Å². The van der Waals surface area contributed by atoms with Crippen LogP contribution in [0.2, 0.25) is 0 Å². The third-order valence-electron chi connectivity index (χ3n) is 10.1. The summed E-state index contributed by atoms with van der Waals surface area (Å²) in [7, 11) is 0. The van der Waals surface area contributed by atoms with Crippen molar-refractivity contribution in [2.75, 3.05) is 0 Å². The van der Waals surface area contributed by atoms with Crippen LogP contribution in [0.5, 0.6) is 0 Å². The first kappa shape index (κ1) is 27.6. The maximum atomic E-state index is 2.45. The fraction of sp³-hybridized carbons (Fsp3) is 0.156. The lowest BCUT2D eigenvalue weighted by Crippen LogP contribution is -2.00. The molecule has 0 bridgehead atoms. The number of allylic oxidation sites excluding steroid dienone is 8. The van der Waals surface area contributed by atoms with Crippen molar-refractivity contribution in [3.63, 3.8) is 0 Å². The average molecular weight is 579 g/mol. The Balaban J connectivity index is 1.37. The molecular formula is C45H38. The van der Waals surface area contributed by atoms with E-state index < -0.39 is 0 Å². The van der Waals surface area contributed by atoms with Gasteiger partial charge >= 0.3 is 0 Å². The van der Waals surface area contributed by atoms with Gasteiger partial charge < -0.3 is 0 Å². The summed E-state index contributed by atoms with van der Waals surface area (Å²) in [6.45, 7) is 6.87. The lowest BCUT2D eigenvalue weighted by atomic mass is 9.83. The predicted octanol–water partition coefficient (Wildman–Crippen LogP) is 12.7. The van der Waals surface area contributed by atoms with Crippen LogP contribution in [0.1, 0.15) is 47.9 Å². The maximum absolute atomic E-state index is 2.45. The highest BCUT2D eigenvalue weighted by Gasteiger charge is 2.18. The summed E-state index contributed by atoms with van der Waals surface area (Å²) in [5, 5.41) is 7.88. The van der Waals surface area contributed by atoms with Crippen molar-refractivity contribution in [3.05, 3.63) is 162 Å². The molecule has 0 aliphatic heterocycles. The van der Waals surface area contributed by atoms with E-state index >= 15 is 0 Å². The highest BCUT2D eigenvalue weighted by molar-refractivity contribution is 6.25. The molecule has 6 aromatic carbocycles. The molecule has 0 saturated heterocycles. The number of rotatable bonds is 4. The number of benzene rings is 6. The molecule has 0 spiro atoms. The van der Waals surface area contributed by atoms with Gasteiger partial charge in [0.2, 0.25) is 0 Å². The van der Waals surface area contributed by atoms with Gasteiger partial charge in [-0.2, -0.15) is 0 Å². The fourth-order valence-electron chi connectivity index (χ4n) is 7.47. The number of hydrogen-bond acceptors (Lipinski definition) is 0. The van der Waals surface area contributed by atoms with Gasteiger partial charge in [0.1, 0.15) is 0 Å². The van der Waals surface area contributed by atoms with E-state index in [1.807, 2.05) is 0 Å². The molecule has 0 amide bonds. The molecule has 2 aliphatic carbocycles. The van der Waals surface area contributed by atoms with E-state index in [1.165, 1.54) is 82.4 Å². The van der Waals surface area contributed by atoms with E-state index in [2.05, 4.69) is 160 Å². The Labute approximate surface area is 266 Å². The summed E-state index contributed by atoms with van der Waals surface area (Å²) >= 11 is 0. The highest BCUT2D eigenvalue weighted by atomic mass is 14.2. The maximum Gasteiger partial charge on any atom is 0.00559 e. The molecule has 0 fully saturated rings. The lowest BCUT2D eigenvalue weighted by molar-refractivity contribution is 0.739. The first-order valence-electron chi connectivity index (χ1n) is 16.4. The Kier molecular flexibility index (Phi) is 6.87. The summed E-state index contributed by atoms with van der Waals surface area (Å²) in [5.74, 6) is 1.00. The Morgan fingerprint density at radius 2 is 1.24 bits per heavy atom. The minimum atomic E-state index is 0.423. The fourth-order valence-corrected chi connectivity index (χ4v) is 7.47. The van der Waals surface area contributed by atoms with E-state index in [1.54, 1.807) is 0 Å². The quantitative estimate of drug-likeness (QED) is 0.183. The van der Waals surface area contributed by atoms with Crippen molar-refractivity contribution in [2.24, 2.45) is 5.92 Å². The van der Waals surface area contributed by atoms with Gasteiger partial charge in [0.05, 0.1) is 0 Å². The second-order valence-corrected chi connectivity index (χ2v) is 13.0. The molecule has 0 N–H and O–H groups in total. The predicted molar refractivity (Wildman–Crippen MR) is 196 cm³/mol. The van der Waals surface area contributed by atoms with Crippen LogP contribution in [0.3, 0.4) is 0 Å². The van der Waals surface area contributed by atoms with Gasteiger partial charge in [0.25, 0.3) is 0 Å². The molecule has 0 radical (unpaired) electrons. The molecular weight excluding hydrogens is 540 g/mol. The first-order chi connectivity index (χ1) is 22.0. The van der Waals surface area contributed by atoms with Crippen molar-refractivity contribution in [3.8, 4) is 22.3 Å². The van der Waals surface area contributed by atoms with Crippen LogP contribution in [0, 0.1) is 19.8 Å². The van der Waals surface area contributed by atoms with E-state index in [4.69, 9.17) is 0 Å². The Morgan fingerprint density at radius 1 is 0.556 bits per heavy atom. The molecule has 8 rings (SSSR count). The topological polar surface area (TPSA) is 0 Å². The van der Waals surface area contributed by atoms with E-state index in [-0.39, 0.29) is 0 Å². The zero-order valence-electron chi connectivity index (χ0n) is 26.3. The average Bonchev–Trinajstić information content (AvgIpc) is 3.09. The van der Waals surface area contributed by atoms with Crippen LogP contribution < -0.4 is 0 Å². The van der Waals surface area contributed by atoms with Gasteiger partial charge in [-0.15, -0.1) is 0 Å². The number of aryl methyl sites for hydroxylation is 1. The summed E-state index contributed by atoms with van der Waals surface area (Å²) in [5.41, 5.74) is 11.9. The Bertz CT molecular complexity index is 2220. The molecule has 2 aliphatic rings. The second-order valence-electron chi connectivity index (χ2n) is 13.0. The molecule has 0 heteroatoms. The zero-order chi connectivity index (χ0) is 30.5. The molecule has 0 nitrogen and oxygen atoms in total. The first-order valence-corrected chi connectivity index (χ1v) is 16.4. The molecule has 45 heavy (non-hydrogen) atoms. The Morgan fingerprint density at radius 3 is 1.91 bits per heavy atom. The Hall–Kier alpha value is -4.94. The third kappa shape index (κ3) is 4.86. The van der Waals surface area contributed by atoms with Crippen molar-refractivity contribution >= 4 is 37.9 Å². The van der Waals surface area contributed by atoms with Crippen LogP contribution in [0.15, 0.2) is 140 Å². The van der Waals surface area contributed by atoms with Crippen molar-refractivity contribution in [1.29, 1.82) is 0 Å². The van der Waals surface area contributed by atoms with Gasteiger partial charge in [-0.05, 0) is 133 Å². The minimum Gasteiger partial charge on any atom is -0.0836 e. The van der Waals surface area contributed by atoms with Crippen LogP contribution >= 0.6 is 0 Å². The van der Waals surface area contributed by atoms with Crippen molar-refractivity contribution in [2.45, 2.75) is 39.5 Å². The molecule has 0 saturated carbocycles. The SMILES string of the molecule is Cc1ccc(C2C=CC=CC2)cc1-c1cc(C2=CCC(C)C=C2)cc(-c2ccc3c4ccccc4c4ccccc4c3c2)c1C. The molecule has 2 unspecified atom stereocenters. The third-order valence-corrected chi connectivity index (χ3v) is 10.1. The van der Waals surface area contributed by atoms with Gasteiger partial charge in [-0.25, -0.2) is 0 Å². The van der Waals surface area contributed by atoms with Crippen molar-refractivity contribution < 1.29 is 0 Å². The highest BCUT2D eigenvalue weighted by Crippen LogP contribution is 2.42. The van der Waals surface area contributed by atoms with Crippen LogP contribution in [-0.4, -0.2) is 0 Å². The van der Waals surface area contributed by atoms with Gasteiger partial charge in [0.15, 0.2) is 0 Å². The molecule has 6 aromatic rings. The molecule has 2 atom stereocenters. The molecule has 218 valence electrons. The number of fused-ring (bicyclic) bond motifs is 6. The largest absolute Gasteiger partial charge is 0.0836 e. The minimum absolute atomic E-state index is 0.423. The summed E-state index contributed by atoms with van der Waals surface area (Å²) in [4.78, 5) is 0. The monoisotopic (exact) mass is 578 g/mol. The smallest absolute Gasteiger partial charge is 0.00559 e. The van der Waals surface area contributed by atoms with Crippen molar-refractivity contribution in [1.82, 2.24) is 0 Å². The van der Waals surface area contributed by atoms with Gasteiger partial charge in [-0.1, -0.05) is 128 Å². The van der Waals surface area contributed by atoms with Gasteiger partial charge in [0, 0.05) is 5.92 Å². The van der Waals surface area contributed by atoms with E-state index in [9.17, 15) is 0 Å². The molecule has 0 aromatic heterocycles. The number of hydrogen-bond donors (Lipinski definition) is 0. The molecule has 0 heterocycles. The lowest BCUT2D eigenvalue weighted by Gasteiger charge is -2.21. The summed E-state index contributed by atoms with van der Waals surface area (Å²) < 4.78 is 0. The summed E-state index contributed by atoms with van der Waals surface area (Å²) in [6, 6.07) is 36.8. The van der Waals surface area contributed by atoms with E-state index in [0.29, 0.717) is 11.8 Å². The normalized spacial score (nSPS) is 17.8.